The average molecular weight is 327 g/mol. The fraction of sp³-hybridized carbons (Fsp3) is 0.368. The fourth-order valence-corrected chi connectivity index (χ4v) is 2.48. The lowest BCUT2D eigenvalue weighted by Gasteiger charge is -2.22. The fourth-order valence-electron chi connectivity index (χ4n) is 2.48. The normalized spacial score (nSPS) is 12.9. The third kappa shape index (κ3) is 4.63. The van der Waals surface area contributed by atoms with Gasteiger partial charge in [0.15, 0.2) is 0 Å². The van der Waals surface area contributed by atoms with Gasteiger partial charge in [-0.1, -0.05) is 30.3 Å². The van der Waals surface area contributed by atoms with Crippen LogP contribution in [0, 0.1) is 6.92 Å². The number of pyridine rings is 1. The van der Waals surface area contributed by atoms with Crippen LogP contribution in [0.2, 0.25) is 0 Å². The lowest BCUT2D eigenvalue weighted by molar-refractivity contribution is 0.280. The summed E-state index contributed by atoms with van der Waals surface area (Å²) >= 11 is 0. The highest BCUT2D eigenvalue weighted by Crippen LogP contribution is 2.22. The molecule has 24 heavy (non-hydrogen) atoms. The van der Waals surface area contributed by atoms with Crippen LogP contribution in [-0.4, -0.2) is 53.0 Å². The molecule has 2 rings (SSSR count). The van der Waals surface area contributed by atoms with E-state index in [2.05, 4.69) is 27.0 Å². The van der Waals surface area contributed by atoms with Crippen LogP contribution in [0.25, 0.3) is 0 Å². The number of nitrogens with zero attached hydrogens (tertiary/aromatic N) is 3. The number of aromatic nitrogens is 1. The summed E-state index contributed by atoms with van der Waals surface area (Å²) in [6.45, 7) is 2.16. The quantitative estimate of drug-likeness (QED) is 0.765. The second-order valence-electron chi connectivity index (χ2n) is 6.09. The molecule has 0 saturated carbocycles. The minimum atomic E-state index is -0.177. The van der Waals surface area contributed by atoms with Gasteiger partial charge in [0.2, 0.25) is 0 Å². The van der Waals surface area contributed by atoms with E-state index in [1.807, 2.05) is 32.3 Å². The van der Waals surface area contributed by atoms with Gasteiger partial charge in [-0.3, -0.25) is 9.98 Å². The zero-order chi connectivity index (χ0) is 17.5. The predicted molar refractivity (Wildman–Crippen MR) is 96.6 cm³/mol. The molecule has 0 unspecified atom stereocenters. The van der Waals surface area contributed by atoms with Crippen LogP contribution in [0.3, 0.4) is 0 Å². The van der Waals surface area contributed by atoms with Crippen LogP contribution in [-0.2, 0) is 13.0 Å². The Kier molecular flexibility index (Phi) is 6.46. The Morgan fingerprint density at radius 2 is 1.96 bits per heavy atom. The molecule has 0 bridgehead atoms. The van der Waals surface area contributed by atoms with Gasteiger partial charge in [-0.15, -0.1) is 0 Å². The highest BCUT2D eigenvalue weighted by atomic mass is 16.3. The maximum atomic E-state index is 10.1. The summed E-state index contributed by atoms with van der Waals surface area (Å²) < 4.78 is 0. The molecule has 0 aliphatic carbocycles. The number of aryl methyl sites for hydroxylation is 1. The maximum Gasteiger partial charge on any atom is 0.145 e. The Morgan fingerprint density at radius 3 is 2.58 bits per heavy atom. The zero-order valence-corrected chi connectivity index (χ0v) is 14.5. The van der Waals surface area contributed by atoms with Gasteiger partial charge in [-0.25, -0.2) is 0 Å². The topological polar surface area (TPSA) is 69.0 Å². The minimum Gasteiger partial charge on any atom is -0.505 e. The van der Waals surface area contributed by atoms with Crippen LogP contribution in [0.5, 0.6) is 5.75 Å². The van der Waals surface area contributed by atoms with Crippen molar-refractivity contribution in [1.82, 2.24) is 9.88 Å². The van der Waals surface area contributed by atoms with E-state index in [1.54, 1.807) is 19.3 Å². The van der Waals surface area contributed by atoms with Crippen LogP contribution < -0.4 is 0 Å². The molecule has 1 aromatic heterocycles. The van der Waals surface area contributed by atoms with Crippen molar-refractivity contribution in [2.75, 3.05) is 20.6 Å². The van der Waals surface area contributed by atoms with Crippen molar-refractivity contribution in [1.29, 1.82) is 0 Å². The number of aromatic hydroxyl groups is 1. The number of likely N-dealkylation sites (N-methyl/N-ethyl adjacent to an activating group) is 1. The van der Waals surface area contributed by atoms with Gasteiger partial charge < -0.3 is 15.1 Å². The molecule has 0 aliphatic heterocycles. The Balaban J connectivity index is 2.12. The van der Waals surface area contributed by atoms with Crippen molar-refractivity contribution >= 4 is 6.21 Å². The average Bonchev–Trinajstić information content (AvgIpc) is 2.58. The van der Waals surface area contributed by atoms with E-state index >= 15 is 0 Å². The van der Waals surface area contributed by atoms with Gasteiger partial charge in [0, 0.05) is 29.6 Å². The van der Waals surface area contributed by atoms with Gasteiger partial charge in [0.05, 0.1) is 18.8 Å². The van der Waals surface area contributed by atoms with E-state index in [-0.39, 0.29) is 18.4 Å². The highest BCUT2D eigenvalue weighted by molar-refractivity contribution is 5.85. The minimum absolute atomic E-state index is 0.0785. The summed E-state index contributed by atoms with van der Waals surface area (Å²) in [6.07, 6.45) is 4.11. The van der Waals surface area contributed by atoms with E-state index in [0.717, 1.165) is 6.42 Å². The van der Waals surface area contributed by atoms with Crippen LogP contribution in [0.15, 0.2) is 41.5 Å². The predicted octanol–water partition coefficient (Wildman–Crippen LogP) is 2.18. The second kappa shape index (κ2) is 8.57. The van der Waals surface area contributed by atoms with Crippen molar-refractivity contribution in [3.05, 3.63) is 58.9 Å². The summed E-state index contributed by atoms with van der Waals surface area (Å²) in [5.74, 6) is 0.0785. The highest BCUT2D eigenvalue weighted by Gasteiger charge is 2.13. The van der Waals surface area contributed by atoms with E-state index in [1.165, 1.54) is 5.56 Å². The van der Waals surface area contributed by atoms with Gasteiger partial charge in [-0.05, 0) is 33.0 Å². The molecule has 2 N–H and O–H groups in total. The number of aliphatic hydroxyl groups excluding tert-OH is 1. The molecule has 1 heterocycles. The van der Waals surface area contributed by atoms with Crippen LogP contribution in [0.4, 0.5) is 0 Å². The third-order valence-corrected chi connectivity index (χ3v) is 4.11. The number of hydrogen-bond donors (Lipinski definition) is 2. The molecular formula is C19H25N3O2. The first-order chi connectivity index (χ1) is 11.5. The number of rotatable bonds is 7. The summed E-state index contributed by atoms with van der Waals surface area (Å²) in [6, 6.07) is 10.6. The first kappa shape index (κ1) is 18.1. The number of aliphatic imine (C=N–C) groups is 1. The summed E-state index contributed by atoms with van der Waals surface area (Å²) in [5, 5.41) is 19.5. The molecule has 0 fully saturated rings. The monoisotopic (exact) mass is 327 g/mol. The molecule has 2 aromatic rings. The molecule has 1 aromatic carbocycles. The number of benzene rings is 1. The van der Waals surface area contributed by atoms with Crippen molar-refractivity contribution in [2.45, 2.75) is 26.0 Å². The Labute approximate surface area is 143 Å². The first-order valence-corrected chi connectivity index (χ1v) is 8.01. The standard InChI is InChI=1S/C19H25N3O2/c1-14-19(24)18(16(13-23)10-21-14)12-20-11-17(22(2)3)9-15-7-5-4-6-8-15/h4-8,10,12,17,23-24H,9,11,13H2,1-3H3/t17-/m1/s1. The SMILES string of the molecule is Cc1ncc(CO)c(C=NC[C@@H](Cc2ccccc2)N(C)C)c1O. The zero-order valence-electron chi connectivity index (χ0n) is 14.5. The molecule has 0 aliphatic rings. The Morgan fingerprint density at radius 1 is 1.25 bits per heavy atom. The van der Waals surface area contributed by atoms with Crippen molar-refractivity contribution in [3.63, 3.8) is 0 Å². The van der Waals surface area contributed by atoms with Crippen molar-refractivity contribution in [3.8, 4) is 5.75 Å². The van der Waals surface area contributed by atoms with Crippen molar-refractivity contribution in [2.24, 2.45) is 4.99 Å². The van der Waals surface area contributed by atoms with Gasteiger partial charge in [0.25, 0.3) is 0 Å². The first-order valence-electron chi connectivity index (χ1n) is 8.01. The molecule has 0 radical (unpaired) electrons. The number of hydrogen-bond acceptors (Lipinski definition) is 5. The molecule has 0 amide bonds. The summed E-state index contributed by atoms with van der Waals surface area (Å²) in [4.78, 5) is 10.7. The van der Waals surface area contributed by atoms with Crippen molar-refractivity contribution < 1.29 is 10.2 Å². The van der Waals surface area contributed by atoms with Gasteiger partial charge in [0.1, 0.15) is 5.75 Å². The molecule has 0 saturated heterocycles. The van der Waals surface area contributed by atoms with Crippen LogP contribution >= 0.6 is 0 Å². The largest absolute Gasteiger partial charge is 0.505 e. The van der Waals surface area contributed by atoms with Gasteiger partial charge in [-0.2, -0.15) is 0 Å². The molecule has 128 valence electrons. The summed E-state index contributed by atoms with van der Waals surface area (Å²) in [7, 11) is 4.08. The van der Waals surface area contributed by atoms with E-state index in [4.69, 9.17) is 0 Å². The second-order valence-corrected chi connectivity index (χ2v) is 6.09. The Bertz CT molecular complexity index is 685. The molecule has 5 heteroatoms. The molecule has 5 nitrogen and oxygen atoms in total. The lowest BCUT2D eigenvalue weighted by atomic mass is 10.1. The van der Waals surface area contributed by atoms with Crippen LogP contribution in [0.1, 0.15) is 22.4 Å². The molecular weight excluding hydrogens is 302 g/mol. The molecule has 0 spiro atoms. The number of aliphatic hydroxyl groups is 1. The Hall–Kier alpha value is -2.24. The summed E-state index contributed by atoms with van der Waals surface area (Å²) in [5.41, 5.74) is 2.92. The smallest absolute Gasteiger partial charge is 0.145 e. The van der Waals surface area contributed by atoms with E-state index in [0.29, 0.717) is 23.4 Å². The van der Waals surface area contributed by atoms with E-state index < -0.39 is 0 Å². The third-order valence-electron chi connectivity index (χ3n) is 4.11. The molecule has 1 atom stereocenters. The van der Waals surface area contributed by atoms with Gasteiger partial charge >= 0.3 is 0 Å². The van der Waals surface area contributed by atoms with E-state index in [9.17, 15) is 10.2 Å². The lowest BCUT2D eigenvalue weighted by Crippen LogP contribution is -2.32. The maximum absolute atomic E-state index is 10.1.